The summed E-state index contributed by atoms with van der Waals surface area (Å²) in [6, 6.07) is 8.01. The monoisotopic (exact) mass is 248 g/mol. The molecule has 0 spiro atoms. The number of aromatic nitrogens is 1. The van der Waals surface area contributed by atoms with E-state index < -0.39 is 0 Å². The fraction of sp³-hybridized carbons (Fsp3) is 0.154. The van der Waals surface area contributed by atoms with E-state index in [4.69, 9.17) is 21.8 Å². The first-order valence-corrected chi connectivity index (χ1v) is 5.82. The highest BCUT2D eigenvalue weighted by Gasteiger charge is 1.98. The van der Waals surface area contributed by atoms with E-state index in [0.717, 1.165) is 16.8 Å². The van der Waals surface area contributed by atoms with Crippen LogP contribution in [0.15, 0.2) is 34.9 Å². The van der Waals surface area contributed by atoms with Crippen molar-refractivity contribution >= 4 is 23.8 Å². The number of rotatable bonds is 4. The smallest absolute Gasteiger partial charge is 0.218 e. The van der Waals surface area contributed by atoms with Crippen LogP contribution < -0.4 is 5.73 Å². The van der Waals surface area contributed by atoms with Gasteiger partial charge in [0.2, 0.25) is 5.89 Å². The molecule has 17 heavy (non-hydrogen) atoms. The predicted molar refractivity (Wildman–Crippen MR) is 69.3 cm³/mol. The molecule has 0 unspecified atom stereocenters. The highest BCUT2D eigenvalue weighted by molar-refractivity contribution is 6.16. The molecule has 0 aliphatic heterocycles. The summed E-state index contributed by atoms with van der Waals surface area (Å²) < 4.78 is 5.22. The highest BCUT2D eigenvalue weighted by Crippen LogP contribution is 2.10. The summed E-state index contributed by atoms with van der Waals surface area (Å²) in [6.45, 7) is 0.558. The number of oxazole rings is 1. The van der Waals surface area contributed by atoms with Crippen LogP contribution >= 0.6 is 11.6 Å². The Morgan fingerprint density at radius 1 is 1.24 bits per heavy atom. The molecule has 0 aliphatic rings. The van der Waals surface area contributed by atoms with Crippen LogP contribution in [-0.2, 0) is 12.4 Å². The quantitative estimate of drug-likeness (QED) is 0.846. The summed E-state index contributed by atoms with van der Waals surface area (Å²) >= 11 is 5.63. The lowest BCUT2D eigenvalue weighted by Crippen LogP contribution is -1.94. The Bertz CT molecular complexity index is 502. The Hall–Kier alpha value is -1.58. The summed E-state index contributed by atoms with van der Waals surface area (Å²) in [4.78, 5) is 4.17. The van der Waals surface area contributed by atoms with E-state index in [-0.39, 0.29) is 0 Å². The molecule has 0 radical (unpaired) electrons. The molecule has 0 saturated heterocycles. The van der Waals surface area contributed by atoms with Gasteiger partial charge < -0.3 is 10.2 Å². The van der Waals surface area contributed by atoms with E-state index in [1.54, 1.807) is 6.26 Å². The second-order valence-corrected chi connectivity index (χ2v) is 3.86. The van der Waals surface area contributed by atoms with E-state index in [1.807, 2.05) is 36.4 Å². The van der Waals surface area contributed by atoms with Gasteiger partial charge in [-0.2, -0.15) is 0 Å². The van der Waals surface area contributed by atoms with Gasteiger partial charge >= 0.3 is 0 Å². The fourth-order valence-corrected chi connectivity index (χ4v) is 1.52. The molecule has 1 aromatic heterocycles. The first kappa shape index (κ1) is 11.9. The normalized spacial score (nSPS) is 11.2. The lowest BCUT2D eigenvalue weighted by molar-refractivity contribution is 0.546. The number of nitrogens with two attached hydrogens (primary N) is 1. The molecule has 0 saturated carbocycles. The standard InChI is InChI=1S/C13H13ClN2O/c14-7-12-9-17-13(16-12)6-5-10-1-3-11(8-15)4-2-10/h1-6,9H,7-8,15H2. The Balaban J connectivity index is 2.08. The maximum absolute atomic E-state index is 5.63. The Kier molecular flexibility index (Phi) is 3.96. The third-order valence-corrected chi connectivity index (χ3v) is 2.61. The van der Waals surface area contributed by atoms with Crippen molar-refractivity contribution in [1.29, 1.82) is 0 Å². The second kappa shape index (κ2) is 5.66. The first-order valence-electron chi connectivity index (χ1n) is 5.29. The molecule has 1 heterocycles. The Labute approximate surface area is 105 Å². The third kappa shape index (κ3) is 3.19. The zero-order valence-electron chi connectivity index (χ0n) is 9.27. The minimum atomic E-state index is 0.364. The largest absolute Gasteiger partial charge is 0.445 e. The molecule has 3 nitrogen and oxygen atoms in total. The van der Waals surface area contributed by atoms with Crippen molar-refractivity contribution in [3.63, 3.8) is 0 Å². The molecule has 0 fully saturated rings. The van der Waals surface area contributed by atoms with Crippen LogP contribution in [0.3, 0.4) is 0 Å². The van der Waals surface area contributed by atoms with Gasteiger partial charge in [-0.25, -0.2) is 4.98 Å². The van der Waals surface area contributed by atoms with E-state index in [0.29, 0.717) is 18.3 Å². The van der Waals surface area contributed by atoms with E-state index >= 15 is 0 Å². The van der Waals surface area contributed by atoms with Crippen LogP contribution in [0, 0.1) is 0 Å². The number of hydrogen-bond acceptors (Lipinski definition) is 3. The molecular formula is C13H13ClN2O. The lowest BCUT2D eigenvalue weighted by atomic mass is 10.1. The minimum Gasteiger partial charge on any atom is -0.445 e. The average Bonchev–Trinajstić information content (AvgIpc) is 2.85. The van der Waals surface area contributed by atoms with E-state index in [2.05, 4.69) is 4.98 Å². The Morgan fingerprint density at radius 3 is 2.59 bits per heavy atom. The van der Waals surface area contributed by atoms with Crippen LogP contribution in [0.25, 0.3) is 12.2 Å². The van der Waals surface area contributed by atoms with Crippen molar-refractivity contribution in [2.75, 3.05) is 0 Å². The predicted octanol–water partition coefficient (Wildman–Crippen LogP) is 3.04. The molecule has 0 amide bonds. The van der Waals surface area contributed by atoms with Gasteiger partial charge in [0.15, 0.2) is 0 Å². The van der Waals surface area contributed by atoms with Gasteiger partial charge in [-0.05, 0) is 17.2 Å². The zero-order valence-corrected chi connectivity index (χ0v) is 10.0. The molecule has 1 aromatic carbocycles. The van der Waals surface area contributed by atoms with Gasteiger partial charge in [0.05, 0.1) is 11.6 Å². The topological polar surface area (TPSA) is 52.0 Å². The molecule has 4 heteroatoms. The van der Waals surface area contributed by atoms with Gasteiger partial charge in [-0.15, -0.1) is 11.6 Å². The highest BCUT2D eigenvalue weighted by atomic mass is 35.5. The van der Waals surface area contributed by atoms with Crippen LogP contribution in [-0.4, -0.2) is 4.98 Å². The zero-order chi connectivity index (χ0) is 12.1. The average molecular weight is 249 g/mol. The van der Waals surface area contributed by atoms with Gasteiger partial charge in [-0.1, -0.05) is 24.3 Å². The third-order valence-electron chi connectivity index (χ3n) is 2.34. The van der Waals surface area contributed by atoms with Crippen molar-refractivity contribution in [3.05, 3.63) is 53.2 Å². The summed E-state index contributed by atoms with van der Waals surface area (Å²) in [7, 11) is 0. The summed E-state index contributed by atoms with van der Waals surface area (Å²) in [5, 5.41) is 0. The molecule has 0 atom stereocenters. The summed E-state index contributed by atoms with van der Waals surface area (Å²) in [6.07, 6.45) is 5.31. The number of hydrogen-bond donors (Lipinski definition) is 1. The molecule has 0 bridgehead atoms. The van der Waals surface area contributed by atoms with Crippen LogP contribution in [0.4, 0.5) is 0 Å². The van der Waals surface area contributed by atoms with Crippen molar-refractivity contribution in [3.8, 4) is 0 Å². The van der Waals surface area contributed by atoms with Crippen LogP contribution in [0.5, 0.6) is 0 Å². The molecule has 0 aliphatic carbocycles. The van der Waals surface area contributed by atoms with Gasteiger partial charge in [0.25, 0.3) is 0 Å². The lowest BCUT2D eigenvalue weighted by Gasteiger charge is -1.96. The maximum atomic E-state index is 5.63. The first-order chi connectivity index (χ1) is 8.31. The van der Waals surface area contributed by atoms with Gasteiger partial charge in [-0.3, -0.25) is 0 Å². The van der Waals surface area contributed by atoms with E-state index in [9.17, 15) is 0 Å². The SMILES string of the molecule is NCc1ccc(C=Cc2nc(CCl)co2)cc1. The number of nitrogens with zero attached hydrogens (tertiary/aromatic N) is 1. The summed E-state index contributed by atoms with van der Waals surface area (Å²) in [5.74, 6) is 0.922. The molecular weight excluding hydrogens is 236 g/mol. The molecule has 88 valence electrons. The van der Waals surface area contributed by atoms with Crippen molar-refractivity contribution in [2.24, 2.45) is 5.73 Å². The summed E-state index contributed by atoms with van der Waals surface area (Å²) in [5.41, 5.74) is 8.46. The van der Waals surface area contributed by atoms with Gasteiger partial charge in [0, 0.05) is 12.6 Å². The second-order valence-electron chi connectivity index (χ2n) is 3.59. The molecule has 2 N–H and O–H groups in total. The van der Waals surface area contributed by atoms with Crippen molar-refractivity contribution < 1.29 is 4.42 Å². The Morgan fingerprint density at radius 2 is 2.00 bits per heavy atom. The number of alkyl halides is 1. The molecule has 2 rings (SSSR count). The van der Waals surface area contributed by atoms with Gasteiger partial charge in [0.1, 0.15) is 6.26 Å². The van der Waals surface area contributed by atoms with Crippen molar-refractivity contribution in [1.82, 2.24) is 4.98 Å². The molecule has 2 aromatic rings. The van der Waals surface area contributed by atoms with E-state index in [1.165, 1.54) is 0 Å². The number of benzene rings is 1. The van der Waals surface area contributed by atoms with Crippen LogP contribution in [0.2, 0.25) is 0 Å². The van der Waals surface area contributed by atoms with Crippen LogP contribution in [0.1, 0.15) is 22.7 Å². The maximum Gasteiger partial charge on any atom is 0.218 e. The fourth-order valence-electron chi connectivity index (χ4n) is 1.39. The minimum absolute atomic E-state index is 0.364. The van der Waals surface area contributed by atoms with Crippen molar-refractivity contribution in [2.45, 2.75) is 12.4 Å². The number of halogens is 1.